The topological polar surface area (TPSA) is 21.3 Å². The average molecular weight is 287 g/mol. The molecule has 0 spiro atoms. The Labute approximate surface area is 126 Å². The lowest BCUT2D eigenvalue weighted by Crippen LogP contribution is -2.13. The first-order valence-electron chi connectivity index (χ1n) is 7.30. The van der Waals surface area contributed by atoms with Crippen LogP contribution in [0.25, 0.3) is 11.1 Å². The number of halogens is 1. The molecule has 0 aliphatic carbocycles. The molecular formula is C18H22FNO. The van der Waals surface area contributed by atoms with Gasteiger partial charge in [-0.1, -0.05) is 25.1 Å². The largest absolute Gasteiger partial charge is 0.496 e. The highest BCUT2D eigenvalue weighted by Gasteiger charge is 2.08. The summed E-state index contributed by atoms with van der Waals surface area (Å²) < 4.78 is 19.5. The van der Waals surface area contributed by atoms with Gasteiger partial charge in [0.05, 0.1) is 7.11 Å². The molecule has 0 bridgehead atoms. The number of hydrogen-bond acceptors (Lipinski definition) is 2. The predicted molar refractivity (Wildman–Crippen MR) is 85.1 cm³/mol. The van der Waals surface area contributed by atoms with Crippen molar-refractivity contribution in [3.05, 3.63) is 53.3 Å². The van der Waals surface area contributed by atoms with Crippen LogP contribution in [0.4, 0.5) is 4.39 Å². The molecule has 3 heteroatoms. The van der Waals surface area contributed by atoms with Crippen LogP contribution in [-0.2, 0) is 6.54 Å². The van der Waals surface area contributed by atoms with E-state index in [1.807, 2.05) is 37.3 Å². The SMILES string of the molecule is CCCNCc1ccc(-c2ccc(OC)c(C)c2)c(F)c1. The molecule has 2 aromatic rings. The van der Waals surface area contributed by atoms with Crippen molar-refractivity contribution >= 4 is 0 Å². The summed E-state index contributed by atoms with van der Waals surface area (Å²) in [6.07, 6.45) is 1.08. The lowest BCUT2D eigenvalue weighted by molar-refractivity contribution is 0.412. The van der Waals surface area contributed by atoms with Gasteiger partial charge in [0.2, 0.25) is 0 Å². The minimum atomic E-state index is -0.185. The number of aryl methyl sites for hydroxylation is 1. The van der Waals surface area contributed by atoms with Crippen LogP contribution in [0.15, 0.2) is 36.4 Å². The summed E-state index contributed by atoms with van der Waals surface area (Å²) >= 11 is 0. The molecule has 0 amide bonds. The van der Waals surface area contributed by atoms with Gasteiger partial charge in [-0.15, -0.1) is 0 Å². The number of hydrogen-bond donors (Lipinski definition) is 1. The molecule has 2 rings (SSSR count). The summed E-state index contributed by atoms with van der Waals surface area (Å²) in [6, 6.07) is 11.1. The van der Waals surface area contributed by atoms with E-state index >= 15 is 0 Å². The molecule has 0 aliphatic rings. The highest BCUT2D eigenvalue weighted by Crippen LogP contribution is 2.28. The second kappa shape index (κ2) is 7.23. The van der Waals surface area contributed by atoms with E-state index in [4.69, 9.17) is 4.74 Å². The van der Waals surface area contributed by atoms with E-state index in [0.717, 1.165) is 35.4 Å². The minimum absolute atomic E-state index is 0.185. The van der Waals surface area contributed by atoms with Crippen LogP contribution in [0.2, 0.25) is 0 Å². The smallest absolute Gasteiger partial charge is 0.131 e. The van der Waals surface area contributed by atoms with E-state index in [1.165, 1.54) is 0 Å². The van der Waals surface area contributed by atoms with Gasteiger partial charge in [-0.2, -0.15) is 0 Å². The Kier molecular flexibility index (Phi) is 5.34. The van der Waals surface area contributed by atoms with Crippen molar-refractivity contribution in [2.45, 2.75) is 26.8 Å². The fourth-order valence-corrected chi connectivity index (χ4v) is 2.36. The molecule has 0 atom stereocenters. The molecule has 112 valence electrons. The summed E-state index contributed by atoms with van der Waals surface area (Å²) in [5.41, 5.74) is 3.47. The van der Waals surface area contributed by atoms with Crippen molar-refractivity contribution in [2.24, 2.45) is 0 Å². The molecule has 0 saturated carbocycles. The normalized spacial score (nSPS) is 10.7. The summed E-state index contributed by atoms with van der Waals surface area (Å²) in [5.74, 6) is 0.634. The van der Waals surface area contributed by atoms with Crippen molar-refractivity contribution in [1.82, 2.24) is 5.32 Å². The molecule has 0 aromatic heterocycles. The van der Waals surface area contributed by atoms with E-state index in [1.54, 1.807) is 13.2 Å². The molecule has 2 nitrogen and oxygen atoms in total. The van der Waals surface area contributed by atoms with Crippen LogP contribution in [0.3, 0.4) is 0 Å². The Morgan fingerprint density at radius 1 is 1.14 bits per heavy atom. The molecule has 0 saturated heterocycles. The zero-order chi connectivity index (χ0) is 15.2. The third-order valence-electron chi connectivity index (χ3n) is 3.50. The van der Waals surface area contributed by atoms with Gasteiger partial charge in [-0.25, -0.2) is 4.39 Å². The van der Waals surface area contributed by atoms with Gasteiger partial charge in [0.1, 0.15) is 11.6 Å². The van der Waals surface area contributed by atoms with Crippen LogP contribution >= 0.6 is 0 Å². The Bertz CT molecular complexity index is 610. The van der Waals surface area contributed by atoms with Gasteiger partial charge in [0.15, 0.2) is 0 Å². The summed E-state index contributed by atoms with van der Waals surface area (Å²) in [5, 5.41) is 3.28. The first-order chi connectivity index (χ1) is 10.2. The molecule has 21 heavy (non-hydrogen) atoms. The monoisotopic (exact) mass is 287 g/mol. The van der Waals surface area contributed by atoms with Crippen molar-refractivity contribution in [2.75, 3.05) is 13.7 Å². The van der Waals surface area contributed by atoms with E-state index in [-0.39, 0.29) is 5.82 Å². The molecule has 0 radical (unpaired) electrons. The number of benzene rings is 2. The number of methoxy groups -OCH3 is 1. The Balaban J connectivity index is 2.22. The molecule has 1 N–H and O–H groups in total. The predicted octanol–water partition coefficient (Wildman–Crippen LogP) is 4.31. The zero-order valence-corrected chi connectivity index (χ0v) is 12.9. The first-order valence-corrected chi connectivity index (χ1v) is 7.30. The van der Waals surface area contributed by atoms with Gasteiger partial charge in [0, 0.05) is 12.1 Å². The Morgan fingerprint density at radius 2 is 1.95 bits per heavy atom. The average Bonchev–Trinajstić information content (AvgIpc) is 2.47. The number of rotatable bonds is 6. The van der Waals surface area contributed by atoms with Crippen LogP contribution in [-0.4, -0.2) is 13.7 Å². The molecule has 0 unspecified atom stereocenters. The molecular weight excluding hydrogens is 265 g/mol. The van der Waals surface area contributed by atoms with E-state index in [9.17, 15) is 4.39 Å². The van der Waals surface area contributed by atoms with Crippen molar-refractivity contribution in [3.8, 4) is 16.9 Å². The summed E-state index contributed by atoms with van der Waals surface area (Å²) in [4.78, 5) is 0. The van der Waals surface area contributed by atoms with Crippen LogP contribution in [0, 0.1) is 12.7 Å². The van der Waals surface area contributed by atoms with Crippen LogP contribution in [0.1, 0.15) is 24.5 Å². The minimum Gasteiger partial charge on any atom is -0.496 e. The zero-order valence-electron chi connectivity index (χ0n) is 12.9. The summed E-state index contributed by atoms with van der Waals surface area (Å²) in [6.45, 7) is 5.72. The van der Waals surface area contributed by atoms with Crippen molar-refractivity contribution in [3.63, 3.8) is 0 Å². The second-order valence-corrected chi connectivity index (χ2v) is 5.18. The second-order valence-electron chi connectivity index (χ2n) is 5.18. The maximum Gasteiger partial charge on any atom is 0.131 e. The Hall–Kier alpha value is -1.87. The molecule has 2 aromatic carbocycles. The fraction of sp³-hybridized carbons (Fsp3) is 0.333. The molecule has 0 aliphatic heterocycles. The first kappa shape index (κ1) is 15.5. The van der Waals surface area contributed by atoms with E-state index in [2.05, 4.69) is 12.2 Å². The van der Waals surface area contributed by atoms with Crippen molar-refractivity contribution in [1.29, 1.82) is 0 Å². The van der Waals surface area contributed by atoms with Gasteiger partial charge in [-0.05, 0) is 54.8 Å². The quantitative estimate of drug-likeness (QED) is 0.799. The lowest BCUT2D eigenvalue weighted by atomic mass is 10.0. The molecule has 0 fully saturated rings. The van der Waals surface area contributed by atoms with Crippen LogP contribution < -0.4 is 10.1 Å². The highest BCUT2D eigenvalue weighted by atomic mass is 19.1. The van der Waals surface area contributed by atoms with E-state index in [0.29, 0.717) is 12.1 Å². The van der Waals surface area contributed by atoms with Crippen LogP contribution in [0.5, 0.6) is 5.75 Å². The van der Waals surface area contributed by atoms with Gasteiger partial charge in [-0.3, -0.25) is 0 Å². The highest BCUT2D eigenvalue weighted by molar-refractivity contribution is 5.66. The third-order valence-corrected chi connectivity index (χ3v) is 3.50. The Morgan fingerprint density at radius 3 is 2.57 bits per heavy atom. The number of ether oxygens (including phenoxy) is 1. The standard InChI is InChI=1S/C18H22FNO/c1-4-9-20-12-14-5-7-16(17(19)11-14)15-6-8-18(21-3)13(2)10-15/h5-8,10-11,20H,4,9,12H2,1-3H3. The van der Waals surface area contributed by atoms with E-state index < -0.39 is 0 Å². The lowest BCUT2D eigenvalue weighted by Gasteiger charge is -2.10. The maximum absolute atomic E-state index is 14.3. The van der Waals surface area contributed by atoms with Crippen molar-refractivity contribution < 1.29 is 9.13 Å². The fourth-order valence-electron chi connectivity index (χ4n) is 2.36. The summed E-state index contributed by atoms with van der Waals surface area (Å²) in [7, 11) is 1.64. The molecule has 0 heterocycles. The third kappa shape index (κ3) is 3.82. The van der Waals surface area contributed by atoms with Gasteiger partial charge < -0.3 is 10.1 Å². The van der Waals surface area contributed by atoms with Gasteiger partial charge >= 0.3 is 0 Å². The van der Waals surface area contributed by atoms with Gasteiger partial charge in [0.25, 0.3) is 0 Å². The maximum atomic E-state index is 14.3. The number of nitrogens with one attached hydrogen (secondary N) is 1.